The van der Waals surface area contributed by atoms with Gasteiger partial charge in [-0.25, -0.2) is 13.1 Å². The van der Waals surface area contributed by atoms with E-state index in [2.05, 4.69) is 4.72 Å². The molecule has 1 heterocycles. The van der Waals surface area contributed by atoms with Crippen LogP contribution in [0.1, 0.15) is 17.5 Å². The minimum absolute atomic E-state index is 0.115. The molecule has 1 aromatic heterocycles. The lowest BCUT2D eigenvalue weighted by Gasteiger charge is -2.10. The first-order valence-electron chi connectivity index (χ1n) is 10.8. The number of aromatic nitrogens is 1. The molecule has 34 heavy (non-hydrogen) atoms. The summed E-state index contributed by atoms with van der Waals surface area (Å²) >= 11 is 1.05. The summed E-state index contributed by atoms with van der Waals surface area (Å²) in [5, 5.41) is 0. The monoisotopic (exact) mass is 498 g/mol. The zero-order valence-corrected chi connectivity index (χ0v) is 20.6. The molecule has 0 saturated carbocycles. The van der Waals surface area contributed by atoms with E-state index in [1.54, 1.807) is 37.0 Å². The smallest absolute Gasteiger partial charge is 0.308 e. The Morgan fingerprint density at radius 2 is 1.68 bits per heavy atom. The Labute approximate surface area is 202 Å². The predicted molar refractivity (Wildman–Crippen MR) is 135 cm³/mol. The Morgan fingerprint density at radius 3 is 2.41 bits per heavy atom. The van der Waals surface area contributed by atoms with Crippen LogP contribution in [-0.4, -0.2) is 33.7 Å². The third-order valence-corrected chi connectivity index (χ3v) is 7.92. The highest BCUT2D eigenvalue weighted by molar-refractivity contribution is 7.89. The van der Waals surface area contributed by atoms with Gasteiger partial charge in [-0.1, -0.05) is 47.7 Å². The maximum atomic E-state index is 12.8. The molecule has 3 aromatic carbocycles. The first-order valence-corrected chi connectivity index (χ1v) is 13.1. The lowest BCUT2D eigenvalue weighted by molar-refractivity contribution is 0.354. The first kappa shape index (κ1) is 24.0. The van der Waals surface area contributed by atoms with Gasteiger partial charge in [0.2, 0.25) is 10.0 Å². The van der Waals surface area contributed by atoms with Crippen LogP contribution in [0.5, 0.6) is 11.5 Å². The number of aryl methyl sites for hydroxylation is 1. The van der Waals surface area contributed by atoms with Gasteiger partial charge in [-0.2, -0.15) is 0 Å². The number of fused-ring (bicyclic) bond motifs is 1. The number of thiazole rings is 1. The number of ether oxygens (including phenoxy) is 2. The lowest BCUT2D eigenvalue weighted by Crippen LogP contribution is -2.25. The summed E-state index contributed by atoms with van der Waals surface area (Å²) in [7, 11) is -0.525. The molecule has 1 N–H and O–H groups in total. The van der Waals surface area contributed by atoms with Gasteiger partial charge >= 0.3 is 4.87 Å². The Morgan fingerprint density at radius 1 is 0.912 bits per heavy atom. The van der Waals surface area contributed by atoms with E-state index in [4.69, 9.17) is 9.47 Å². The second kappa shape index (κ2) is 10.4. The lowest BCUT2D eigenvalue weighted by atomic mass is 10.1. The number of rotatable bonds is 10. The first-order chi connectivity index (χ1) is 16.4. The predicted octanol–water partition coefficient (Wildman–Crippen LogP) is 4.04. The molecule has 4 rings (SSSR count). The largest absolute Gasteiger partial charge is 0.493 e. The Bertz CT molecular complexity index is 1440. The van der Waals surface area contributed by atoms with Crippen LogP contribution in [0.3, 0.4) is 0 Å². The number of hydrogen-bond donors (Lipinski definition) is 1. The van der Waals surface area contributed by atoms with Gasteiger partial charge in [0.1, 0.15) is 0 Å². The van der Waals surface area contributed by atoms with Crippen molar-refractivity contribution < 1.29 is 17.9 Å². The van der Waals surface area contributed by atoms with Crippen LogP contribution in [0, 0.1) is 0 Å². The van der Waals surface area contributed by atoms with E-state index in [1.165, 1.54) is 0 Å². The Balaban J connectivity index is 1.42. The van der Waals surface area contributed by atoms with Crippen molar-refractivity contribution in [2.75, 3.05) is 20.8 Å². The highest BCUT2D eigenvalue weighted by Gasteiger charge is 2.17. The van der Waals surface area contributed by atoms with E-state index in [9.17, 15) is 13.2 Å². The summed E-state index contributed by atoms with van der Waals surface area (Å²) in [6.45, 7) is 0.736. The van der Waals surface area contributed by atoms with E-state index >= 15 is 0 Å². The van der Waals surface area contributed by atoms with Crippen LogP contribution in [0.25, 0.3) is 10.2 Å². The van der Waals surface area contributed by atoms with Gasteiger partial charge in [-0.05, 0) is 54.3 Å². The van der Waals surface area contributed by atoms with Crippen molar-refractivity contribution in [3.05, 3.63) is 87.5 Å². The van der Waals surface area contributed by atoms with Crippen molar-refractivity contribution in [2.24, 2.45) is 0 Å². The zero-order valence-electron chi connectivity index (χ0n) is 19.0. The molecule has 0 atom stereocenters. The molecule has 0 aliphatic rings. The third kappa shape index (κ3) is 5.32. The van der Waals surface area contributed by atoms with Crippen molar-refractivity contribution in [1.82, 2.24) is 9.29 Å². The number of nitrogens with zero attached hydrogens (tertiary/aromatic N) is 1. The fourth-order valence-corrected chi connectivity index (χ4v) is 5.85. The SMILES string of the molecule is COc1ccc(CCCNS(=O)(=O)c2ccc3c(c2)sc(=O)n3Cc2ccccc2)cc1OC. The average Bonchev–Trinajstić information content (AvgIpc) is 3.16. The molecule has 4 aromatic rings. The number of nitrogens with one attached hydrogen (secondary N) is 1. The molecule has 0 bridgehead atoms. The third-order valence-electron chi connectivity index (χ3n) is 5.52. The minimum Gasteiger partial charge on any atom is -0.493 e. The molecule has 7 nitrogen and oxygen atoms in total. The molecule has 0 saturated heterocycles. The van der Waals surface area contributed by atoms with Gasteiger partial charge in [-0.3, -0.25) is 9.36 Å². The molecule has 0 spiro atoms. The summed E-state index contributed by atoms with van der Waals surface area (Å²) in [4.78, 5) is 12.6. The Hall–Kier alpha value is -3.14. The van der Waals surface area contributed by atoms with Crippen molar-refractivity contribution in [3.8, 4) is 11.5 Å². The normalized spacial score (nSPS) is 11.6. The minimum atomic E-state index is -3.69. The molecule has 0 amide bonds. The number of benzene rings is 3. The van der Waals surface area contributed by atoms with Crippen molar-refractivity contribution in [1.29, 1.82) is 0 Å². The fraction of sp³-hybridized carbons (Fsp3) is 0.240. The van der Waals surface area contributed by atoms with Crippen LogP contribution in [0.4, 0.5) is 0 Å². The van der Waals surface area contributed by atoms with Crippen LogP contribution in [0.15, 0.2) is 76.4 Å². The molecule has 0 fully saturated rings. The van der Waals surface area contributed by atoms with Gasteiger partial charge in [0.25, 0.3) is 0 Å². The molecule has 178 valence electrons. The van der Waals surface area contributed by atoms with E-state index in [-0.39, 0.29) is 9.77 Å². The summed E-state index contributed by atoms with van der Waals surface area (Å²) in [5.41, 5.74) is 2.77. The molecule has 9 heteroatoms. The van der Waals surface area contributed by atoms with Crippen LogP contribution in [-0.2, 0) is 23.0 Å². The van der Waals surface area contributed by atoms with Gasteiger partial charge in [0.05, 0.1) is 35.9 Å². The second-order valence-electron chi connectivity index (χ2n) is 7.76. The van der Waals surface area contributed by atoms with E-state index < -0.39 is 10.0 Å². The summed E-state index contributed by atoms with van der Waals surface area (Å²) < 4.78 is 41.2. The van der Waals surface area contributed by atoms with Gasteiger partial charge in [0, 0.05) is 6.54 Å². The Kier molecular flexibility index (Phi) is 7.35. The number of methoxy groups -OCH3 is 2. The quantitative estimate of drug-likeness (QED) is 0.334. The fourth-order valence-electron chi connectivity index (χ4n) is 3.75. The molecular weight excluding hydrogens is 472 g/mol. The molecule has 0 radical (unpaired) electrons. The molecule has 0 unspecified atom stereocenters. The van der Waals surface area contributed by atoms with Crippen LogP contribution >= 0.6 is 11.3 Å². The van der Waals surface area contributed by atoms with E-state index in [0.717, 1.165) is 28.0 Å². The second-order valence-corrected chi connectivity index (χ2v) is 10.5. The van der Waals surface area contributed by atoms with Crippen molar-refractivity contribution >= 4 is 31.6 Å². The maximum absolute atomic E-state index is 12.8. The maximum Gasteiger partial charge on any atom is 0.308 e. The summed E-state index contributed by atoms with van der Waals surface area (Å²) in [6.07, 6.45) is 1.31. The van der Waals surface area contributed by atoms with E-state index in [1.807, 2.05) is 48.5 Å². The van der Waals surface area contributed by atoms with Crippen LogP contribution < -0.4 is 19.1 Å². The molecule has 0 aliphatic carbocycles. The average molecular weight is 499 g/mol. The topological polar surface area (TPSA) is 86.6 Å². The van der Waals surface area contributed by atoms with Crippen molar-refractivity contribution in [2.45, 2.75) is 24.3 Å². The number of hydrogen-bond acceptors (Lipinski definition) is 6. The van der Waals surface area contributed by atoms with Crippen LogP contribution in [0.2, 0.25) is 0 Å². The summed E-state index contributed by atoms with van der Waals surface area (Å²) in [5.74, 6) is 1.30. The molecule has 0 aliphatic heterocycles. The highest BCUT2D eigenvalue weighted by Crippen LogP contribution is 2.28. The van der Waals surface area contributed by atoms with Crippen molar-refractivity contribution in [3.63, 3.8) is 0 Å². The summed E-state index contributed by atoms with van der Waals surface area (Å²) in [6, 6.07) is 20.2. The highest BCUT2D eigenvalue weighted by atomic mass is 32.2. The van der Waals surface area contributed by atoms with Gasteiger partial charge < -0.3 is 9.47 Å². The van der Waals surface area contributed by atoms with E-state index in [0.29, 0.717) is 42.1 Å². The molecular formula is C25H26N2O5S2. The van der Waals surface area contributed by atoms with Gasteiger partial charge in [0.15, 0.2) is 11.5 Å². The standard InChI is InChI=1S/C25H26N2O5S2/c1-31-22-13-10-18(15-23(22)32-2)9-6-14-26-34(29,30)20-11-12-21-24(16-20)33-25(28)27(21)17-19-7-4-3-5-8-19/h3-5,7-8,10-13,15-16,26H,6,9,14,17H2,1-2H3. The zero-order chi connectivity index (χ0) is 24.1. The van der Waals surface area contributed by atoms with Gasteiger partial charge in [-0.15, -0.1) is 0 Å². The number of sulfonamides is 1.